The summed E-state index contributed by atoms with van der Waals surface area (Å²) < 4.78 is 5.58. The van der Waals surface area contributed by atoms with Gasteiger partial charge in [-0.1, -0.05) is 30.7 Å². The highest BCUT2D eigenvalue weighted by Gasteiger charge is 2.30. The van der Waals surface area contributed by atoms with Crippen molar-refractivity contribution in [1.29, 1.82) is 0 Å². The Kier molecular flexibility index (Phi) is 4.34. The van der Waals surface area contributed by atoms with E-state index in [-0.39, 0.29) is 11.8 Å². The molecule has 0 aliphatic carbocycles. The van der Waals surface area contributed by atoms with Gasteiger partial charge in [0, 0.05) is 10.7 Å². The molecule has 0 fully saturated rings. The van der Waals surface area contributed by atoms with E-state index in [0.29, 0.717) is 11.4 Å². The first-order chi connectivity index (χ1) is 10.7. The molecule has 3 rings (SSSR count). The molecule has 0 spiro atoms. The molecule has 0 saturated heterocycles. The van der Waals surface area contributed by atoms with Crippen LogP contribution in [-0.2, 0) is 11.2 Å². The normalized spacial score (nSPS) is 16.3. The molecule has 0 aromatic heterocycles. The van der Waals surface area contributed by atoms with E-state index in [1.807, 2.05) is 36.4 Å². The Bertz CT molecular complexity index is 682. The van der Waals surface area contributed by atoms with Crippen molar-refractivity contribution in [1.82, 2.24) is 0 Å². The highest BCUT2D eigenvalue weighted by molar-refractivity contribution is 6.31. The SMILES string of the molecule is CCCOc1ccc(CC2C(=O)Nc3ccc(Cl)cc32)cc1. The molecule has 22 heavy (non-hydrogen) atoms. The lowest BCUT2D eigenvalue weighted by Crippen LogP contribution is -2.14. The van der Waals surface area contributed by atoms with E-state index in [1.165, 1.54) is 0 Å². The number of carbonyl (C=O) groups is 1. The third kappa shape index (κ3) is 3.09. The van der Waals surface area contributed by atoms with E-state index in [9.17, 15) is 4.79 Å². The van der Waals surface area contributed by atoms with Gasteiger partial charge in [0.15, 0.2) is 0 Å². The van der Waals surface area contributed by atoms with Crippen LogP contribution in [0.2, 0.25) is 5.02 Å². The van der Waals surface area contributed by atoms with Crippen LogP contribution in [0.1, 0.15) is 30.4 Å². The van der Waals surface area contributed by atoms with Gasteiger partial charge >= 0.3 is 0 Å². The van der Waals surface area contributed by atoms with Crippen LogP contribution in [-0.4, -0.2) is 12.5 Å². The zero-order chi connectivity index (χ0) is 15.5. The van der Waals surface area contributed by atoms with Crippen molar-refractivity contribution in [2.45, 2.75) is 25.7 Å². The van der Waals surface area contributed by atoms with Crippen molar-refractivity contribution in [2.75, 3.05) is 11.9 Å². The number of nitrogens with one attached hydrogen (secondary N) is 1. The van der Waals surface area contributed by atoms with Crippen molar-refractivity contribution in [3.8, 4) is 5.75 Å². The largest absolute Gasteiger partial charge is 0.494 e. The maximum Gasteiger partial charge on any atom is 0.232 e. The predicted octanol–water partition coefficient (Wildman–Crippen LogP) is 4.41. The lowest BCUT2D eigenvalue weighted by atomic mass is 9.93. The second-order valence-electron chi connectivity index (χ2n) is 5.47. The number of anilines is 1. The van der Waals surface area contributed by atoms with E-state index < -0.39 is 0 Å². The summed E-state index contributed by atoms with van der Waals surface area (Å²) in [6.07, 6.45) is 1.65. The van der Waals surface area contributed by atoms with Crippen LogP contribution in [0.15, 0.2) is 42.5 Å². The number of fused-ring (bicyclic) bond motifs is 1. The van der Waals surface area contributed by atoms with E-state index in [1.54, 1.807) is 6.07 Å². The monoisotopic (exact) mass is 315 g/mol. The lowest BCUT2D eigenvalue weighted by molar-refractivity contribution is -0.117. The number of rotatable bonds is 5. The molecule has 3 nitrogen and oxygen atoms in total. The smallest absolute Gasteiger partial charge is 0.232 e. The van der Waals surface area contributed by atoms with E-state index in [0.717, 1.165) is 35.6 Å². The fraction of sp³-hybridized carbons (Fsp3) is 0.278. The minimum atomic E-state index is -0.184. The van der Waals surface area contributed by atoms with Crippen molar-refractivity contribution in [2.24, 2.45) is 0 Å². The first-order valence-electron chi connectivity index (χ1n) is 7.49. The summed E-state index contributed by atoms with van der Waals surface area (Å²) in [4.78, 5) is 12.2. The van der Waals surface area contributed by atoms with Crippen LogP contribution >= 0.6 is 11.6 Å². The minimum Gasteiger partial charge on any atom is -0.494 e. The van der Waals surface area contributed by atoms with Crippen LogP contribution < -0.4 is 10.1 Å². The van der Waals surface area contributed by atoms with Gasteiger partial charge in [0.2, 0.25) is 5.91 Å². The quantitative estimate of drug-likeness (QED) is 0.887. The van der Waals surface area contributed by atoms with Crippen LogP contribution in [0.25, 0.3) is 0 Å². The summed E-state index contributed by atoms with van der Waals surface area (Å²) in [5.41, 5.74) is 2.95. The van der Waals surface area contributed by atoms with E-state index in [4.69, 9.17) is 16.3 Å². The molecule has 0 bridgehead atoms. The number of hydrogen-bond acceptors (Lipinski definition) is 2. The number of halogens is 1. The van der Waals surface area contributed by atoms with Crippen molar-refractivity contribution >= 4 is 23.2 Å². The molecular formula is C18H18ClNO2. The Hall–Kier alpha value is -2.00. The number of carbonyl (C=O) groups excluding carboxylic acids is 1. The van der Waals surface area contributed by atoms with Gasteiger partial charge in [-0.2, -0.15) is 0 Å². The molecule has 0 saturated carbocycles. The summed E-state index contributed by atoms with van der Waals surface area (Å²) in [7, 11) is 0. The number of hydrogen-bond donors (Lipinski definition) is 1. The Balaban J connectivity index is 1.76. The number of amides is 1. The van der Waals surface area contributed by atoms with Crippen molar-refractivity contribution in [3.05, 3.63) is 58.6 Å². The zero-order valence-corrected chi connectivity index (χ0v) is 13.2. The Morgan fingerprint density at radius 2 is 1.95 bits per heavy atom. The molecule has 0 radical (unpaired) electrons. The van der Waals surface area contributed by atoms with Crippen molar-refractivity contribution in [3.63, 3.8) is 0 Å². The fourth-order valence-corrected chi connectivity index (χ4v) is 2.86. The highest BCUT2D eigenvalue weighted by Crippen LogP contribution is 2.36. The molecule has 2 aromatic carbocycles. The van der Waals surface area contributed by atoms with Gasteiger partial charge in [0.05, 0.1) is 12.5 Å². The van der Waals surface area contributed by atoms with Gasteiger partial charge in [0.25, 0.3) is 0 Å². The third-order valence-electron chi connectivity index (χ3n) is 3.80. The third-order valence-corrected chi connectivity index (χ3v) is 4.03. The van der Waals surface area contributed by atoms with Gasteiger partial charge in [-0.3, -0.25) is 4.79 Å². The van der Waals surface area contributed by atoms with Crippen molar-refractivity contribution < 1.29 is 9.53 Å². The molecule has 1 N–H and O–H groups in total. The molecule has 1 unspecified atom stereocenters. The van der Waals surface area contributed by atoms with Gasteiger partial charge in [0.1, 0.15) is 5.75 Å². The highest BCUT2D eigenvalue weighted by atomic mass is 35.5. The van der Waals surface area contributed by atoms with Crippen LogP contribution in [0.3, 0.4) is 0 Å². The Morgan fingerprint density at radius 3 is 2.68 bits per heavy atom. The summed E-state index contributed by atoms with van der Waals surface area (Å²) in [5.74, 6) is 0.713. The first-order valence-corrected chi connectivity index (χ1v) is 7.87. The van der Waals surface area contributed by atoms with Gasteiger partial charge in [-0.05, 0) is 54.3 Å². The maximum atomic E-state index is 12.2. The van der Waals surface area contributed by atoms with E-state index in [2.05, 4.69) is 12.2 Å². The molecule has 1 amide bonds. The second-order valence-corrected chi connectivity index (χ2v) is 5.91. The Labute approximate surface area is 135 Å². The van der Waals surface area contributed by atoms with Gasteiger partial charge in [-0.25, -0.2) is 0 Å². The number of benzene rings is 2. The molecular weight excluding hydrogens is 298 g/mol. The molecule has 114 valence electrons. The van der Waals surface area contributed by atoms with Gasteiger partial charge < -0.3 is 10.1 Å². The molecule has 2 aromatic rings. The fourth-order valence-electron chi connectivity index (χ4n) is 2.68. The summed E-state index contributed by atoms with van der Waals surface area (Å²) in [6.45, 7) is 2.80. The second kappa shape index (κ2) is 6.41. The minimum absolute atomic E-state index is 0.0311. The topological polar surface area (TPSA) is 38.3 Å². The van der Waals surface area contributed by atoms with E-state index >= 15 is 0 Å². The summed E-state index contributed by atoms with van der Waals surface area (Å²) in [5, 5.41) is 3.57. The van der Waals surface area contributed by atoms with Crippen LogP contribution in [0.4, 0.5) is 5.69 Å². The Morgan fingerprint density at radius 1 is 1.18 bits per heavy atom. The molecule has 1 heterocycles. The molecule has 1 atom stereocenters. The van der Waals surface area contributed by atoms with Crippen LogP contribution in [0.5, 0.6) is 5.75 Å². The lowest BCUT2D eigenvalue weighted by Gasteiger charge is -2.10. The maximum absolute atomic E-state index is 12.2. The average molecular weight is 316 g/mol. The number of ether oxygens (including phenoxy) is 1. The summed E-state index contributed by atoms with van der Waals surface area (Å²) in [6, 6.07) is 13.5. The first kappa shape index (κ1) is 14.9. The zero-order valence-electron chi connectivity index (χ0n) is 12.4. The summed E-state index contributed by atoms with van der Waals surface area (Å²) >= 11 is 6.05. The standard InChI is InChI=1S/C18H18ClNO2/c1-2-9-22-14-6-3-12(4-7-14)10-16-15-11-13(19)5-8-17(15)20-18(16)21/h3-8,11,16H,2,9-10H2,1H3,(H,20,21). The van der Waals surface area contributed by atoms with Gasteiger partial charge in [-0.15, -0.1) is 0 Å². The molecule has 1 aliphatic rings. The predicted molar refractivity (Wildman–Crippen MR) is 88.8 cm³/mol. The van der Waals surface area contributed by atoms with Crippen LogP contribution in [0, 0.1) is 0 Å². The molecule has 1 aliphatic heterocycles. The average Bonchev–Trinajstić information content (AvgIpc) is 2.82. The molecule has 4 heteroatoms.